The smallest absolute Gasteiger partial charge is 0.301 e. The van der Waals surface area contributed by atoms with E-state index in [0.29, 0.717) is 22.5 Å². The molecule has 7 heteroatoms. The van der Waals surface area contributed by atoms with Gasteiger partial charge in [0.25, 0.3) is 0 Å². The molecule has 0 spiro atoms. The molecular weight excluding hydrogens is 860 g/mol. The van der Waals surface area contributed by atoms with Crippen LogP contribution >= 0.6 is 0 Å². The van der Waals surface area contributed by atoms with Gasteiger partial charge in [0.2, 0.25) is 0 Å². The Morgan fingerprint density at radius 3 is 2.02 bits per heavy atom. The van der Waals surface area contributed by atoms with Crippen molar-refractivity contribution in [2.24, 2.45) is 0 Å². The summed E-state index contributed by atoms with van der Waals surface area (Å²) < 4.78 is 63.6. The summed E-state index contributed by atoms with van der Waals surface area (Å²) in [6, 6.07) is 57.8. The average Bonchev–Trinajstić information content (AvgIpc) is 3.97. The van der Waals surface area contributed by atoms with Crippen molar-refractivity contribution in [2.75, 3.05) is 21.2 Å². The van der Waals surface area contributed by atoms with E-state index >= 15 is 0 Å². The summed E-state index contributed by atoms with van der Waals surface area (Å²) >= 11 is 0. The third kappa shape index (κ3) is 6.17. The van der Waals surface area contributed by atoms with Crippen molar-refractivity contribution in [3.05, 3.63) is 182 Å². The monoisotopic (exact) mass is 900 g/mol. The van der Waals surface area contributed by atoms with Crippen molar-refractivity contribution in [2.45, 2.75) is 19.1 Å². The maximum Gasteiger partial charge on any atom is 0.301 e. The standard InChI is InChI=1S/C48H35N4O2.Pt/c1-48(2)31-50(47-49-41-23-9-12-26-45(41)54-47)44-30-37(27-28-40(44)48)53-36-20-13-19-35(29-36)51-32-52(43-25-11-10-24-42(43)51)46-38(33-15-5-3-6-16-33)21-14-22-39(46)34-17-7-4-8-18-34;/h3-28,32H,31H2,1-2H3;/q-3;/i1D3,2D3;. The number of nitrogens with zero attached hydrogens (tertiary/aromatic N) is 4. The minimum atomic E-state index is -2.91. The molecule has 0 saturated carbocycles. The first-order valence-electron chi connectivity index (χ1n) is 20.7. The molecule has 272 valence electrons. The third-order valence-electron chi connectivity index (χ3n) is 9.85. The van der Waals surface area contributed by atoms with Gasteiger partial charge in [0.05, 0.1) is 0 Å². The quantitative estimate of drug-likeness (QED) is 0.149. The second kappa shape index (κ2) is 14.0. The van der Waals surface area contributed by atoms with Crippen LogP contribution in [0.15, 0.2) is 162 Å². The first kappa shape index (κ1) is 28.4. The van der Waals surface area contributed by atoms with Gasteiger partial charge in [-0.15, -0.1) is 48.3 Å². The zero-order valence-electron chi connectivity index (χ0n) is 35.2. The number of ether oxygens (including phenoxy) is 1. The number of rotatable bonds is 7. The van der Waals surface area contributed by atoms with E-state index in [1.54, 1.807) is 30.3 Å². The molecule has 10 rings (SSSR count). The maximum atomic E-state index is 8.53. The van der Waals surface area contributed by atoms with E-state index < -0.39 is 25.7 Å². The molecule has 0 unspecified atom stereocenters. The van der Waals surface area contributed by atoms with Gasteiger partial charge >= 0.3 is 6.01 Å². The van der Waals surface area contributed by atoms with Gasteiger partial charge in [0, 0.05) is 75.5 Å². The van der Waals surface area contributed by atoms with E-state index in [1.807, 2.05) is 66.7 Å². The molecule has 7 aromatic carbocycles. The number of para-hydroxylation sites is 5. The van der Waals surface area contributed by atoms with E-state index in [2.05, 4.69) is 88.2 Å². The first-order valence-corrected chi connectivity index (χ1v) is 17.7. The molecule has 1 aromatic heterocycles. The zero-order valence-corrected chi connectivity index (χ0v) is 31.5. The van der Waals surface area contributed by atoms with Crippen molar-refractivity contribution in [1.82, 2.24) is 4.98 Å². The van der Waals surface area contributed by atoms with Crippen LogP contribution < -0.4 is 19.4 Å². The summed E-state index contributed by atoms with van der Waals surface area (Å²) in [4.78, 5) is 10.4. The second-order valence-electron chi connectivity index (χ2n) is 13.3. The Kier molecular flexibility index (Phi) is 7.19. The summed E-state index contributed by atoms with van der Waals surface area (Å²) in [5.41, 5.74) is 7.05. The minimum Gasteiger partial charge on any atom is -0.509 e. The summed E-state index contributed by atoms with van der Waals surface area (Å²) in [5, 5.41) is 0. The van der Waals surface area contributed by atoms with Gasteiger partial charge in [-0.25, -0.2) is 0 Å². The maximum absolute atomic E-state index is 8.53. The van der Waals surface area contributed by atoms with Crippen LogP contribution in [0.5, 0.6) is 11.5 Å². The SMILES string of the molecule is [2H]C([2H])([2H])C1(C([2H])([2H])[2H])CN(c2nc3ccccc3o2)c2[c-]c(Oc3[c-]c(N4[CH-]N(c5c(-c6ccccc6)cccc5-c5ccccc5)c5ccccc54)ccc3)ccc21.[Pt]. The van der Waals surface area contributed by atoms with E-state index in [-0.39, 0.29) is 44.1 Å². The van der Waals surface area contributed by atoms with Gasteiger partial charge in [-0.3, -0.25) is 0 Å². The normalized spacial score (nSPS) is 16.2. The van der Waals surface area contributed by atoms with E-state index in [0.717, 1.165) is 39.3 Å². The van der Waals surface area contributed by atoms with E-state index in [9.17, 15) is 0 Å². The molecular formula is C48H35N4O2Pt-3. The summed E-state index contributed by atoms with van der Waals surface area (Å²) in [7, 11) is 0. The van der Waals surface area contributed by atoms with Gasteiger partial charge in [-0.1, -0.05) is 123 Å². The molecule has 8 aromatic rings. The topological polar surface area (TPSA) is 45.0 Å². The Hall–Kier alpha value is -6.10. The number of aromatic nitrogens is 1. The molecule has 0 fully saturated rings. The molecule has 2 aliphatic rings. The molecule has 6 nitrogen and oxygen atoms in total. The van der Waals surface area contributed by atoms with Crippen molar-refractivity contribution >= 4 is 45.6 Å². The van der Waals surface area contributed by atoms with Crippen LogP contribution in [0.1, 0.15) is 27.5 Å². The van der Waals surface area contributed by atoms with Crippen LogP contribution in [0.3, 0.4) is 0 Å². The summed E-state index contributed by atoms with van der Waals surface area (Å²) in [6.45, 7) is -4.18. The summed E-state index contributed by atoms with van der Waals surface area (Å²) in [5.74, 6) is 0.596. The average molecular weight is 901 g/mol. The summed E-state index contributed by atoms with van der Waals surface area (Å²) in [6.07, 6.45) is 0. The Morgan fingerprint density at radius 2 is 1.31 bits per heavy atom. The molecule has 2 aliphatic heterocycles. The van der Waals surface area contributed by atoms with E-state index in [1.165, 1.54) is 11.0 Å². The van der Waals surface area contributed by atoms with Gasteiger partial charge in [-0.05, 0) is 40.8 Å². The third-order valence-corrected chi connectivity index (χ3v) is 9.85. The van der Waals surface area contributed by atoms with Crippen molar-refractivity contribution in [3.63, 3.8) is 0 Å². The Morgan fingerprint density at radius 1 is 0.673 bits per heavy atom. The van der Waals surface area contributed by atoms with Crippen LogP contribution in [0, 0.1) is 18.8 Å². The second-order valence-corrected chi connectivity index (χ2v) is 13.3. The van der Waals surface area contributed by atoms with E-state index in [4.69, 9.17) is 17.4 Å². The number of hydrogen-bond acceptors (Lipinski definition) is 6. The van der Waals surface area contributed by atoms with Crippen molar-refractivity contribution in [1.29, 1.82) is 0 Å². The van der Waals surface area contributed by atoms with Gasteiger partial charge in [-0.2, -0.15) is 17.1 Å². The molecule has 0 aliphatic carbocycles. The molecule has 0 amide bonds. The van der Waals surface area contributed by atoms with Crippen LogP contribution in [-0.4, -0.2) is 11.5 Å². The molecule has 0 N–H and O–H groups in total. The fourth-order valence-electron chi connectivity index (χ4n) is 7.36. The Labute approximate surface area is 343 Å². The van der Waals surface area contributed by atoms with Gasteiger partial charge in [0.15, 0.2) is 5.58 Å². The molecule has 55 heavy (non-hydrogen) atoms. The molecule has 3 heterocycles. The number of anilines is 6. The van der Waals surface area contributed by atoms with Crippen LogP contribution in [0.4, 0.5) is 34.5 Å². The predicted molar refractivity (Wildman–Crippen MR) is 217 cm³/mol. The largest absolute Gasteiger partial charge is 0.509 e. The Balaban J connectivity index is 0.00000476. The van der Waals surface area contributed by atoms with Gasteiger partial charge < -0.3 is 23.9 Å². The van der Waals surface area contributed by atoms with Crippen LogP contribution in [0.25, 0.3) is 33.4 Å². The Bertz CT molecular complexity index is 2780. The first-order chi connectivity index (χ1) is 29.0. The molecule has 0 saturated heterocycles. The fourth-order valence-corrected chi connectivity index (χ4v) is 7.36. The molecule has 0 atom stereocenters. The molecule has 0 bridgehead atoms. The van der Waals surface area contributed by atoms with Gasteiger partial charge in [0.1, 0.15) is 5.52 Å². The number of hydrogen-bond donors (Lipinski definition) is 0. The number of oxazole rings is 1. The zero-order chi connectivity index (χ0) is 41.2. The number of fused-ring (bicyclic) bond motifs is 3. The number of benzene rings is 7. The fraction of sp³-hybridized carbons (Fsp3) is 0.0833. The predicted octanol–water partition coefficient (Wildman–Crippen LogP) is 12.4. The van der Waals surface area contributed by atoms with Crippen molar-refractivity contribution in [3.8, 4) is 33.8 Å². The van der Waals surface area contributed by atoms with Crippen molar-refractivity contribution < 1.29 is 38.4 Å². The van der Waals surface area contributed by atoms with Crippen LogP contribution in [-0.2, 0) is 26.5 Å². The van der Waals surface area contributed by atoms with Crippen LogP contribution in [0.2, 0.25) is 0 Å². The minimum absolute atomic E-state index is 0. The molecule has 0 radical (unpaired) electrons.